The second kappa shape index (κ2) is 8.22. The highest BCUT2D eigenvalue weighted by Crippen LogP contribution is 2.37. The standard InChI is InChI=1S/C23H20N4O2S2/c24-20(28)19-15-10-11-27(12-14-6-2-1-3-7-14)13-18(15)31-22(19)26-21(29)23-25-16-8-4-5-9-17(16)30-23/h1-9H,10-13H2,(H2,24,28)(H,26,29). The maximum atomic E-state index is 12.9. The Labute approximate surface area is 187 Å². The maximum absolute atomic E-state index is 12.9. The van der Waals surface area contributed by atoms with Crippen LogP contribution in [0.5, 0.6) is 0 Å². The first-order valence-electron chi connectivity index (χ1n) is 9.96. The first kappa shape index (κ1) is 19.9. The summed E-state index contributed by atoms with van der Waals surface area (Å²) >= 11 is 2.77. The minimum absolute atomic E-state index is 0.316. The van der Waals surface area contributed by atoms with Crippen LogP contribution in [-0.4, -0.2) is 28.2 Å². The van der Waals surface area contributed by atoms with Crippen molar-refractivity contribution in [2.75, 3.05) is 11.9 Å². The van der Waals surface area contributed by atoms with E-state index in [4.69, 9.17) is 5.73 Å². The van der Waals surface area contributed by atoms with Gasteiger partial charge >= 0.3 is 0 Å². The van der Waals surface area contributed by atoms with Crippen molar-refractivity contribution in [2.24, 2.45) is 5.73 Å². The third kappa shape index (κ3) is 3.97. The van der Waals surface area contributed by atoms with Crippen molar-refractivity contribution in [3.8, 4) is 0 Å². The summed E-state index contributed by atoms with van der Waals surface area (Å²) in [5, 5.41) is 3.79. The lowest BCUT2D eigenvalue weighted by Gasteiger charge is -2.27. The SMILES string of the molecule is NC(=O)c1c(NC(=O)c2nc3ccccc3s2)sc2c1CCN(Cc1ccccc1)C2. The second-order valence-electron chi connectivity index (χ2n) is 7.46. The molecular formula is C23H20N4O2S2. The van der Waals surface area contributed by atoms with Gasteiger partial charge in [0, 0.05) is 24.5 Å². The largest absolute Gasteiger partial charge is 0.365 e. The summed E-state index contributed by atoms with van der Waals surface area (Å²) < 4.78 is 0.949. The summed E-state index contributed by atoms with van der Waals surface area (Å²) in [5.41, 5.74) is 9.14. The van der Waals surface area contributed by atoms with Gasteiger partial charge in [0.15, 0.2) is 5.01 Å². The fourth-order valence-corrected chi connectivity index (χ4v) is 6.06. The molecule has 2 aromatic carbocycles. The highest BCUT2D eigenvalue weighted by Gasteiger charge is 2.28. The number of fused-ring (bicyclic) bond motifs is 2. The number of primary amides is 1. The molecule has 0 bridgehead atoms. The van der Waals surface area contributed by atoms with E-state index in [1.165, 1.54) is 28.2 Å². The van der Waals surface area contributed by atoms with Crippen molar-refractivity contribution in [2.45, 2.75) is 19.5 Å². The molecule has 4 aromatic rings. The fourth-order valence-electron chi connectivity index (χ4n) is 3.91. The molecule has 0 atom stereocenters. The molecular weight excluding hydrogens is 428 g/mol. The number of para-hydroxylation sites is 1. The first-order chi connectivity index (χ1) is 15.1. The van der Waals surface area contributed by atoms with Gasteiger partial charge in [0.05, 0.1) is 15.8 Å². The van der Waals surface area contributed by atoms with Crippen molar-refractivity contribution in [3.05, 3.63) is 81.2 Å². The fraction of sp³-hybridized carbons (Fsp3) is 0.174. The number of rotatable bonds is 5. The molecule has 2 amide bonds. The summed E-state index contributed by atoms with van der Waals surface area (Å²) in [5.74, 6) is -0.822. The molecule has 1 aliphatic rings. The second-order valence-corrected chi connectivity index (χ2v) is 9.60. The third-order valence-corrected chi connectivity index (χ3v) is 7.51. The summed E-state index contributed by atoms with van der Waals surface area (Å²) in [4.78, 5) is 32.9. The monoisotopic (exact) mass is 448 g/mol. The van der Waals surface area contributed by atoms with Gasteiger partial charge in [0.1, 0.15) is 5.00 Å². The Kier molecular flexibility index (Phi) is 5.27. The molecule has 156 valence electrons. The number of hydrogen-bond acceptors (Lipinski definition) is 6. The van der Waals surface area contributed by atoms with E-state index in [0.717, 1.165) is 46.7 Å². The third-order valence-electron chi connectivity index (χ3n) is 5.35. The van der Waals surface area contributed by atoms with Gasteiger partial charge in [-0.05, 0) is 29.7 Å². The molecule has 2 aromatic heterocycles. The zero-order chi connectivity index (χ0) is 21.4. The summed E-state index contributed by atoms with van der Waals surface area (Å²) in [7, 11) is 0. The summed E-state index contributed by atoms with van der Waals surface area (Å²) in [6.45, 7) is 2.41. The van der Waals surface area contributed by atoms with Crippen LogP contribution >= 0.6 is 22.7 Å². The van der Waals surface area contributed by atoms with Gasteiger partial charge in [-0.1, -0.05) is 42.5 Å². The molecule has 1 aliphatic heterocycles. The molecule has 0 saturated carbocycles. The molecule has 0 spiro atoms. The highest BCUT2D eigenvalue weighted by molar-refractivity contribution is 7.20. The number of nitrogens with two attached hydrogens (primary N) is 1. The number of thiophene rings is 1. The molecule has 6 nitrogen and oxygen atoms in total. The topological polar surface area (TPSA) is 88.3 Å². The Morgan fingerprint density at radius 2 is 1.84 bits per heavy atom. The van der Waals surface area contributed by atoms with Gasteiger partial charge in [0.2, 0.25) is 0 Å². The number of aromatic nitrogens is 1. The van der Waals surface area contributed by atoms with Gasteiger partial charge in [-0.3, -0.25) is 14.5 Å². The molecule has 3 heterocycles. The molecule has 0 aliphatic carbocycles. The van der Waals surface area contributed by atoms with Crippen molar-refractivity contribution < 1.29 is 9.59 Å². The zero-order valence-corrected chi connectivity index (χ0v) is 18.3. The minimum atomic E-state index is -0.506. The van der Waals surface area contributed by atoms with Gasteiger partial charge < -0.3 is 11.1 Å². The number of carbonyl (C=O) groups excluding carboxylic acids is 2. The van der Waals surface area contributed by atoms with E-state index in [-0.39, 0.29) is 5.91 Å². The van der Waals surface area contributed by atoms with Crippen LogP contribution in [0, 0.1) is 0 Å². The number of nitrogens with zero attached hydrogens (tertiary/aromatic N) is 2. The number of thiazole rings is 1. The van der Waals surface area contributed by atoms with E-state index in [9.17, 15) is 9.59 Å². The molecule has 3 N–H and O–H groups in total. The lowest BCUT2D eigenvalue weighted by atomic mass is 10.0. The number of anilines is 1. The Morgan fingerprint density at radius 1 is 1.06 bits per heavy atom. The van der Waals surface area contributed by atoms with Crippen LogP contribution < -0.4 is 11.1 Å². The average Bonchev–Trinajstić information content (AvgIpc) is 3.35. The van der Waals surface area contributed by atoms with Crippen molar-refractivity contribution in [1.82, 2.24) is 9.88 Å². The van der Waals surface area contributed by atoms with E-state index in [1.54, 1.807) is 0 Å². The van der Waals surface area contributed by atoms with Gasteiger partial charge in [0.25, 0.3) is 11.8 Å². The quantitative estimate of drug-likeness (QED) is 0.477. The maximum Gasteiger partial charge on any atom is 0.285 e. The van der Waals surface area contributed by atoms with E-state index < -0.39 is 5.91 Å². The van der Waals surface area contributed by atoms with Crippen LogP contribution in [0.1, 0.15) is 36.2 Å². The molecule has 0 saturated heterocycles. The van der Waals surface area contributed by atoms with Crippen LogP contribution in [0.25, 0.3) is 10.2 Å². The number of amides is 2. The predicted octanol–water partition coefficient (Wildman–Crippen LogP) is 4.27. The Morgan fingerprint density at radius 3 is 2.61 bits per heavy atom. The zero-order valence-electron chi connectivity index (χ0n) is 16.6. The van der Waals surface area contributed by atoms with E-state index in [1.807, 2.05) is 42.5 Å². The van der Waals surface area contributed by atoms with Crippen molar-refractivity contribution >= 4 is 49.7 Å². The smallest absolute Gasteiger partial charge is 0.285 e. The number of carbonyl (C=O) groups is 2. The molecule has 8 heteroatoms. The van der Waals surface area contributed by atoms with Gasteiger partial charge in [-0.2, -0.15) is 0 Å². The van der Waals surface area contributed by atoms with Gasteiger partial charge in [-0.15, -0.1) is 22.7 Å². The molecule has 5 rings (SSSR count). The van der Waals surface area contributed by atoms with E-state index >= 15 is 0 Å². The highest BCUT2D eigenvalue weighted by atomic mass is 32.1. The average molecular weight is 449 g/mol. The lowest BCUT2D eigenvalue weighted by Crippen LogP contribution is -2.30. The summed E-state index contributed by atoms with van der Waals surface area (Å²) in [6.07, 6.45) is 0.730. The van der Waals surface area contributed by atoms with Crippen LogP contribution in [0.4, 0.5) is 5.00 Å². The van der Waals surface area contributed by atoms with E-state index in [2.05, 4.69) is 27.3 Å². The van der Waals surface area contributed by atoms with Crippen LogP contribution in [0.2, 0.25) is 0 Å². The first-order valence-corrected chi connectivity index (χ1v) is 11.6. The van der Waals surface area contributed by atoms with Crippen LogP contribution in [0.15, 0.2) is 54.6 Å². The van der Waals surface area contributed by atoms with Crippen molar-refractivity contribution in [3.63, 3.8) is 0 Å². The van der Waals surface area contributed by atoms with Crippen LogP contribution in [-0.2, 0) is 19.5 Å². The predicted molar refractivity (Wildman–Crippen MR) is 125 cm³/mol. The minimum Gasteiger partial charge on any atom is -0.365 e. The Bertz CT molecular complexity index is 1250. The number of nitrogens with one attached hydrogen (secondary N) is 1. The molecule has 31 heavy (non-hydrogen) atoms. The summed E-state index contributed by atoms with van der Waals surface area (Å²) in [6, 6.07) is 17.9. The van der Waals surface area contributed by atoms with Crippen LogP contribution in [0.3, 0.4) is 0 Å². The normalized spacial score (nSPS) is 13.8. The Balaban J connectivity index is 1.39. The van der Waals surface area contributed by atoms with E-state index in [0.29, 0.717) is 15.6 Å². The molecule has 0 unspecified atom stereocenters. The lowest BCUT2D eigenvalue weighted by molar-refractivity contribution is 0.0999. The van der Waals surface area contributed by atoms with Crippen molar-refractivity contribution in [1.29, 1.82) is 0 Å². The number of hydrogen-bond donors (Lipinski definition) is 2. The molecule has 0 radical (unpaired) electrons. The Hall–Kier alpha value is -3.07. The number of benzene rings is 2. The molecule has 0 fully saturated rings. The van der Waals surface area contributed by atoms with Gasteiger partial charge in [-0.25, -0.2) is 4.98 Å².